The average molecular weight is 464 g/mol. The van der Waals surface area contributed by atoms with E-state index in [9.17, 15) is 18.7 Å². The lowest BCUT2D eigenvalue weighted by molar-refractivity contribution is 0.0885. The molecule has 1 unspecified atom stereocenters. The molecule has 4 rings (SSSR count). The van der Waals surface area contributed by atoms with Crippen molar-refractivity contribution in [3.05, 3.63) is 47.7 Å². The van der Waals surface area contributed by atoms with Crippen molar-refractivity contribution in [3.63, 3.8) is 0 Å². The lowest BCUT2D eigenvalue weighted by Gasteiger charge is -2.35. The third-order valence-corrected chi connectivity index (χ3v) is 6.22. The first-order valence-corrected chi connectivity index (χ1v) is 11.0. The van der Waals surface area contributed by atoms with E-state index in [-0.39, 0.29) is 24.3 Å². The molecule has 1 saturated heterocycles. The Bertz CT molecular complexity index is 1100. The highest BCUT2D eigenvalue weighted by atomic mass is 32.1. The Morgan fingerprint density at radius 1 is 1.22 bits per heavy atom. The van der Waals surface area contributed by atoms with Crippen LogP contribution in [0, 0.1) is 11.6 Å². The van der Waals surface area contributed by atoms with E-state index in [1.54, 1.807) is 22.1 Å². The smallest absolute Gasteiger partial charge is 0.323 e. The Morgan fingerprint density at radius 3 is 2.72 bits per heavy atom. The summed E-state index contributed by atoms with van der Waals surface area (Å²) in [4.78, 5) is 24.5. The molecule has 32 heavy (non-hydrogen) atoms. The zero-order valence-corrected chi connectivity index (χ0v) is 18.0. The standard InChI is InChI=1S/C21H23F2N5O3S/c22-14-2-4-17-18(10-14)32-20(25-17)26-21(31)28-7-5-27(6-8-28)19-16(23)9-13(11-24-19)1-3-15(30)12-29/h2,4,9-11,15,29-30H,1,3,5-8,12H2,(H,25,26,31). The zero-order valence-electron chi connectivity index (χ0n) is 17.2. The van der Waals surface area contributed by atoms with Gasteiger partial charge in [-0.15, -0.1) is 0 Å². The number of carbonyl (C=O) groups is 1. The minimum absolute atomic E-state index is 0.227. The second kappa shape index (κ2) is 9.72. The van der Waals surface area contributed by atoms with Gasteiger partial charge in [0.2, 0.25) is 0 Å². The number of nitrogens with zero attached hydrogens (tertiary/aromatic N) is 4. The largest absolute Gasteiger partial charge is 0.394 e. The number of aromatic nitrogens is 2. The number of piperazine rings is 1. The minimum atomic E-state index is -0.833. The maximum atomic E-state index is 14.6. The Morgan fingerprint density at radius 2 is 2.00 bits per heavy atom. The van der Waals surface area contributed by atoms with Crippen LogP contribution in [0.4, 0.5) is 24.5 Å². The van der Waals surface area contributed by atoms with Gasteiger partial charge in [0.1, 0.15) is 5.82 Å². The van der Waals surface area contributed by atoms with E-state index < -0.39 is 11.9 Å². The minimum Gasteiger partial charge on any atom is -0.394 e. The molecule has 1 aliphatic heterocycles. The van der Waals surface area contributed by atoms with Crippen LogP contribution < -0.4 is 10.2 Å². The molecule has 3 aromatic rings. The third-order valence-electron chi connectivity index (χ3n) is 5.29. The lowest BCUT2D eigenvalue weighted by Crippen LogP contribution is -2.50. The summed E-state index contributed by atoms with van der Waals surface area (Å²) in [5, 5.41) is 21.4. The van der Waals surface area contributed by atoms with Crippen LogP contribution in [0.5, 0.6) is 0 Å². The summed E-state index contributed by atoms with van der Waals surface area (Å²) in [5.41, 5.74) is 1.26. The number of anilines is 2. The molecule has 0 spiro atoms. The zero-order chi connectivity index (χ0) is 22.7. The third kappa shape index (κ3) is 5.12. The maximum Gasteiger partial charge on any atom is 0.323 e. The summed E-state index contributed by atoms with van der Waals surface area (Å²) >= 11 is 1.20. The molecule has 1 fully saturated rings. The summed E-state index contributed by atoms with van der Waals surface area (Å²) in [6.45, 7) is 1.28. The maximum absolute atomic E-state index is 14.6. The predicted molar refractivity (Wildman–Crippen MR) is 118 cm³/mol. The molecular weight excluding hydrogens is 440 g/mol. The topological polar surface area (TPSA) is 102 Å². The highest BCUT2D eigenvalue weighted by Crippen LogP contribution is 2.27. The van der Waals surface area contributed by atoms with Crippen LogP contribution >= 0.6 is 11.3 Å². The van der Waals surface area contributed by atoms with Crippen LogP contribution in [0.3, 0.4) is 0 Å². The highest BCUT2D eigenvalue weighted by molar-refractivity contribution is 7.22. The van der Waals surface area contributed by atoms with Crippen molar-refractivity contribution in [3.8, 4) is 0 Å². The Labute approximate surface area is 187 Å². The molecule has 1 aromatic carbocycles. The fraction of sp³-hybridized carbons (Fsp3) is 0.381. The number of carbonyl (C=O) groups excluding carboxylic acids is 1. The van der Waals surface area contributed by atoms with Crippen molar-refractivity contribution in [2.45, 2.75) is 18.9 Å². The quantitative estimate of drug-likeness (QED) is 0.520. The number of amides is 2. The SMILES string of the molecule is O=C(Nc1nc2ccc(F)cc2s1)N1CCN(c2ncc(CCC(O)CO)cc2F)CC1. The molecule has 0 radical (unpaired) electrons. The monoisotopic (exact) mass is 463 g/mol. The molecule has 2 amide bonds. The molecule has 170 valence electrons. The lowest BCUT2D eigenvalue weighted by atomic mass is 10.1. The van der Waals surface area contributed by atoms with Crippen LogP contribution in [0.2, 0.25) is 0 Å². The van der Waals surface area contributed by atoms with Crippen LogP contribution in [0.15, 0.2) is 30.5 Å². The van der Waals surface area contributed by atoms with Crippen molar-refractivity contribution in [2.75, 3.05) is 43.0 Å². The molecule has 11 heteroatoms. The predicted octanol–water partition coefficient (Wildman–Crippen LogP) is 2.61. The first-order chi connectivity index (χ1) is 15.4. The number of aliphatic hydroxyl groups excluding tert-OH is 2. The number of aryl methyl sites for hydroxylation is 1. The number of benzene rings is 1. The van der Waals surface area contributed by atoms with Crippen molar-refractivity contribution >= 4 is 38.5 Å². The van der Waals surface area contributed by atoms with Gasteiger partial charge >= 0.3 is 6.03 Å². The van der Waals surface area contributed by atoms with Gasteiger partial charge in [-0.05, 0) is 42.7 Å². The molecule has 2 aromatic heterocycles. The molecule has 0 bridgehead atoms. The van der Waals surface area contributed by atoms with E-state index in [4.69, 9.17) is 5.11 Å². The number of aliphatic hydroxyl groups is 2. The number of halogens is 2. The number of thiazole rings is 1. The van der Waals surface area contributed by atoms with Crippen molar-refractivity contribution in [1.29, 1.82) is 0 Å². The van der Waals surface area contributed by atoms with Crippen LogP contribution in [-0.2, 0) is 6.42 Å². The number of pyridine rings is 1. The van der Waals surface area contributed by atoms with E-state index in [0.717, 1.165) is 0 Å². The number of nitrogens with one attached hydrogen (secondary N) is 1. The van der Waals surface area contributed by atoms with Crippen molar-refractivity contribution in [2.24, 2.45) is 0 Å². The molecule has 1 atom stereocenters. The average Bonchev–Trinajstić information content (AvgIpc) is 3.18. The van der Waals surface area contributed by atoms with Crippen LogP contribution in [-0.4, -0.2) is 70.0 Å². The summed E-state index contributed by atoms with van der Waals surface area (Å²) < 4.78 is 28.6. The highest BCUT2D eigenvalue weighted by Gasteiger charge is 2.24. The Kier molecular flexibility index (Phi) is 6.77. The first kappa shape index (κ1) is 22.3. The second-order valence-corrected chi connectivity index (χ2v) is 8.59. The van der Waals surface area contributed by atoms with Crippen LogP contribution in [0.25, 0.3) is 10.2 Å². The molecule has 1 aliphatic rings. The molecule has 3 heterocycles. The van der Waals surface area contributed by atoms with Crippen molar-refractivity contribution in [1.82, 2.24) is 14.9 Å². The Hall–Kier alpha value is -2.89. The van der Waals surface area contributed by atoms with Gasteiger partial charge in [0.25, 0.3) is 0 Å². The molecular formula is C21H23F2N5O3S. The molecule has 3 N–H and O–H groups in total. The Balaban J connectivity index is 1.32. The van der Waals surface area contributed by atoms with E-state index in [0.29, 0.717) is 59.9 Å². The first-order valence-electron chi connectivity index (χ1n) is 10.2. The van der Waals surface area contributed by atoms with Crippen LogP contribution in [0.1, 0.15) is 12.0 Å². The van der Waals surface area contributed by atoms with Gasteiger partial charge in [-0.25, -0.2) is 23.5 Å². The number of urea groups is 1. The normalized spacial score (nSPS) is 15.2. The summed E-state index contributed by atoms with van der Waals surface area (Å²) in [6.07, 6.45) is 1.48. The van der Waals surface area contributed by atoms with Gasteiger partial charge in [0.05, 0.1) is 22.9 Å². The summed E-state index contributed by atoms with van der Waals surface area (Å²) in [5.74, 6) is -0.586. The summed E-state index contributed by atoms with van der Waals surface area (Å²) in [7, 11) is 0. The van der Waals surface area contributed by atoms with E-state index in [1.165, 1.54) is 29.5 Å². The van der Waals surface area contributed by atoms with Gasteiger partial charge in [-0.3, -0.25) is 5.32 Å². The van der Waals surface area contributed by atoms with E-state index >= 15 is 0 Å². The fourth-order valence-corrected chi connectivity index (χ4v) is 4.39. The van der Waals surface area contributed by atoms with E-state index in [2.05, 4.69) is 15.3 Å². The van der Waals surface area contributed by atoms with Gasteiger partial charge in [-0.1, -0.05) is 11.3 Å². The van der Waals surface area contributed by atoms with Gasteiger partial charge < -0.3 is 20.0 Å². The number of fused-ring (bicyclic) bond motifs is 1. The second-order valence-electron chi connectivity index (χ2n) is 7.56. The number of hydrogen-bond donors (Lipinski definition) is 3. The molecule has 8 nitrogen and oxygen atoms in total. The number of rotatable bonds is 6. The molecule has 0 aliphatic carbocycles. The van der Waals surface area contributed by atoms with Gasteiger partial charge in [0, 0.05) is 32.4 Å². The number of hydrogen-bond acceptors (Lipinski definition) is 7. The fourth-order valence-electron chi connectivity index (χ4n) is 3.51. The molecule has 0 saturated carbocycles. The van der Waals surface area contributed by atoms with Gasteiger partial charge in [0.15, 0.2) is 16.8 Å². The summed E-state index contributed by atoms with van der Waals surface area (Å²) in [6, 6.07) is 5.35. The van der Waals surface area contributed by atoms with Gasteiger partial charge in [-0.2, -0.15) is 0 Å². The van der Waals surface area contributed by atoms with Crippen molar-refractivity contribution < 1.29 is 23.8 Å². The van der Waals surface area contributed by atoms with E-state index in [1.807, 2.05) is 0 Å².